The van der Waals surface area contributed by atoms with Crippen LogP contribution in [0.4, 0.5) is 0 Å². The van der Waals surface area contributed by atoms with Crippen LogP contribution in [0, 0.1) is 0 Å². The minimum atomic E-state index is 0.417. The van der Waals surface area contributed by atoms with E-state index in [4.69, 9.17) is 0 Å². The zero-order chi connectivity index (χ0) is 13.7. The van der Waals surface area contributed by atoms with Gasteiger partial charge in [0.1, 0.15) is 5.82 Å². The fraction of sp³-hybridized carbons (Fsp3) is 0.533. The summed E-state index contributed by atoms with van der Waals surface area (Å²) in [6, 6.07) is 5.24. The van der Waals surface area contributed by atoms with E-state index in [-0.39, 0.29) is 0 Å². The summed E-state index contributed by atoms with van der Waals surface area (Å²) in [4.78, 5) is 5.73. The molecule has 4 heteroatoms. The van der Waals surface area contributed by atoms with Crippen LogP contribution in [-0.4, -0.2) is 22.1 Å². The molecule has 2 rings (SSSR count). The lowest BCUT2D eigenvalue weighted by molar-refractivity contribution is 0.423. The first-order chi connectivity index (χ1) is 9.26. The fourth-order valence-electron chi connectivity index (χ4n) is 2.28. The normalized spacial score (nSPS) is 13.1. The average Bonchev–Trinajstić information content (AvgIpc) is 3.10. The summed E-state index contributed by atoms with van der Waals surface area (Å²) >= 11 is 1.74. The van der Waals surface area contributed by atoms with E-state index in [2.05, 4.69) is 59.3 Å². The molecule has 0 fully saturated rings. The predicted octanol–water partition coefficient (Wildman–Crippen LogP) is 3.95. The van der Waals surface area contributed by atoms with Gasteiger partial charge in [0, 0.05) is 31.0 Å². The van der Waals surface area contributed by atoms with Crippen LogP contribution in [0.2, 0.25) is 0 Å². The number of thiophene rings is 1. The molecular formula is C15H23N3S. The summed E-state index contributed by atoms with van der Waals surface area (Å²) in [7, 11) is 0. The highest BCUT2D eigenvalue weighted by Crippen LogP contribution is 2.25. The molecule has 0 spiro atoms. The maximum Gasteiger partial charge on any atom is 0.150 e. The van der Waals surface area contributed by atoms with Crippen molar-refractivity contribution in [1.82, 2.24) is 14.9 Å². The second-order valence-electron chi connectivity index (χ2n) is 4.91. The van der Waals surface area contributed by atoms with Gasteiger partial charge in [-0.3, -0.25) is 0 Å². The van der Waals surface area contributed by atoms with Crippen molar-refractivity contribution in [3.05, 3.63) is 29.9 Å². The molecule has 2 aromatic heterocycles. The molecule has 0 amide bonds. The first kappa shape index (κ1) is 14.3. The number of imidazole rings is 1. The highest BCUT2D eigenvalue weighted by Gasteiger charge is 2.13. The Morgan fingerprint density at radius 3 is 2.79 bits per heavy atom. The maximum atomic E-state index is 4.49. The van der Waals surface area contributed by atoms with Gasteiger partial charge < -0.3 is 9.88 Å². The largest absolute Gasteiger partial charge is 0.326 e. The van der Waals surface area contributed by atoms with E-state index < -0.39 is 0 Å². The molecule has 0 saturated heterocycles. The number of nitrogens with one attached hydrogen (secondary N) is 1. The van der Waals surface area contributed by atoms with Crippen LogP contribution in [0.1, 0.15) is 39.7 Å². The van der Waals surface area contributed by atoms with Gasteiger partial charge in [-0.15, -0.1) is 11.3 Å². The van der Waals surface area contributed by atoms with Crippen LogP contribution in [0.25, 0.3) is 10.7 Å². The third-order valence-electron chi connectivity index (χ3n) is 3.57. The Labute approximate surface area is 119 Å². The van der Waals surface area contributed by atoms with Crippen LogP contribution < -0.4 is 5.32 Å². The number of nitrogens with zero attached hydrogens (tertiary/aromatic N) is 2. The zero-order valence-electron chi connectivity index (χ0n) is 12.0. The number of hydrogen-bond donors (Lipinski definition) is 1. The number of hydrogen-bond acceptors (Lipinski definition) is 3. The maximum absolute atomic E-state index is 4.49. The van der Waals surface area contributed by atoms with Gasteiger partial charge in [-0.05, 0) is 31.2 Å². The van der Waals surface area contributed by atoms with E-state index in [0.717, 1.165) is 12.4 Å². The Balaban J connectivity index is 2.04. The molecular weight excluding hydrogens is 254 g/mol. The third kappa shape index (κ3) is 3.45. The third-order valence-corrected chi connectivity index (χ3v) is 4.44. The Morgan fingerprint density at radius 1 is 1.37 bits per heavy atom. The quantitative estimate of drug-likeness (QED) is 0.830. The molecule has 0 aliphatic carbocycles. The standard InChI is InChI=1S/C15H23N3S/c1-4-13(5-2)17-11-12(3)18-9-8-16-15(18)14-7-6-10-19-14/h6-10,12-13,17H,4-5,11H2,1-3H3. The molecule has 0 bridgehead atoms. The topological polar surface area (TPSA) is 29.9 Å². The number of rotatable bonds is 7. The van der Waals surface area contributed by atoms with Gasteiger partial charge >= 0.3 is 0 Å². The molecule has 1 unspecified atom stereocenters. The predicted molar refractivity (Wildman–Crippen MR) is 82.6 cm³/mol. The molecule has 2 heterocycles. The van der Waals surface area contributed by atoms with Crippen LogP contribution in [-0.2, 0) is 0 Å². The monoisotopic (exact) mass is 277 g/mol. The van der Waals surface area contributed by atoms with Crippen molar-refractivity contribution in [3.8, 4) is 10.7 Å². The average molecular weight is 277 g/mol. The molecule has 19 heavy (non-hydrogen) atoms. The highest BCUT2D eigenvalue weighted by atomic mass is 32.1. The van der Waals surface area contributed by atoms with E-state index in [9.17, 15) is 0 Å². The van der Waals surface area contributed by atoms with Gasteiger partial charge in [0.05, 0.1) is 4.88 Å². The molecule has 0 aliphatic rings. The van der Waals surface area contributed by atoms with Crippen LogP contribution in [0.3, 0.4) is 0 Å². The highest BCUT2D eigenvalue weighted by molar-refractivity contribution is 7.13. The van der Waals surface area contributed by atoms with Crippen molar-refractivity contribution >= 4 is 11.3 Å². The molecule has 0 aromatic carbocycles. The van der Waals surface area contributed by atoms with Crippen molar-refractivity contribution < 1.29 is 0 Å². The van der Waals surface area contributed by atoms with Gasteiger partial charge in [0.2, 0.25) is 0 Å². The molecule has 1 N–H and O–H groups in total. The summed E-state index contributed by atoms with van der Waals surface area (Å²) in [6.07, 6.45) is 6.34. The summed E-state index contributed by atoms with van der Waals surface area (Å²) in [6.45, 7) is 7.70. The lowest BCUT2D eigenvalue weighted by Gasteiger charge is -2.21. The fourth-order valence-corrected chi connectivity index (χ4v) is 3.00. The van der Waals surface area contributed by atoms with Gasteiger partial charge in [-0.2, -0.15) is 0 Å². The van der Waals surface area contributed by atoms with Crippen molar-refractivity contribution in [2.24, 2.45) is 0 Å². The molecule has 0 aliphatic heterocycles. The van der Waals surface area contributed by atoms with Crippen molar-refractivity contribution in [1.29, 1.82) is 0 Å². The summed E-state index contributed by atoms with van der Waals surface area (Å²) < 4.78 is 2.27. The Bertz CT molecular complexity index is 471. The van der Waals surface area contributed by atoms with Gasteiger partial charge in [0.15, 0.2) is 0 Å². The molecule has 0 saturated carbocycles. The van der Waals surface area contributed by atoms with E-state index >= 15 is 0 Å². The summed E-state index contributed by atoms with van der Waals surface area (Å²) in [5, 5.41) is 5.73. The number of aromatic nitrogens is 2. The first-order valence-corrected chi connectivity index (χ1v) is 7.94. The minimum absolute atomic E-state index is 0.417. The summed E-state index contributed by atoms with van der Waals surface area (Å²) in [5.41, 5.74) is 0. The molecule has 2 aromatic rings. The van der Waals surface area contributed by atoms with Crippen molar-refractivity contribution in [3.63, 3.8) is 0 Å². The van der Waals surface area contributed by atoms with Crippen molar-refractivity contribution in [2.75, 3.05) is 6.54 Å². The van der Waals surface area contributed by atoms with Gasteiger partial charge in [-0.1, -0.05) is 19.9 Å². The second kappa shape index (κ2) is 6.87. The first-order valence-electron chi connectivity index (χ1n) is 7.06. The van der Waals surface area contributed by atoms with E-state index in [1.165, 1.54) is 17.7 Å². The van der Waals surface area contributed by atoms with Gasteiger partial charge in [-0.25, -0.2) is 4.98 Å². The Kier molecular flexibility index (Phi) is 5.16. The molecule has 1 atom stereocenters. The van der Waals surface area contributed by atoms with Gasteiger partial charge in [0.25, 0.3) is 0 Å². The lowest BCUT2D eigenvalue weighted by Crippen LogP contribution is -2.32. The molecule has 104 valence electrons. The second-order valence-corrected chi connectivity index (χ2v) is 5.85. The van der Waals surface area contributed by atoms with Crippen molar-refractivity contribution in [2.45, 2.75) is 45.7 Å². The molecule has 3 nitrogen and oxygen atoms in total. The van der Waals surface area contributed by atoms with Crippen LogP contribution >= 0.6 is 11.3 Å². The Morgan fingerprint density at radius 2 is 2.16 bits per heavy atom. The summed E-state index contributed by atoms with van der Waals surface area (Å²) in [5.74, 6) is 1.08. The Hall–Kier alpha value is -1.13. The van der Waals surface area contributed by atoms with Crippen LogP contribution in [0.15, 0.2) is 29.9 Å². The minimum Gasteiger partial charge on any atom is -0.326 e. The molecule has 0 radical (unpaired) electrons. The van der Waals surface area contributed by atoms with Crippen LogP contribution in [0.5, 0.6) is 0 Å². The SMILES string of the molecule is CCC(CC)NCC(C)n1ccnc1-c1cccs1. The van der Waals surface area contributed by atoms with E-state index in [1.54, 1.807) is 11.3 Å². The zero-order valence-corrected chi connectivity index (χ0v) is 12.8. The van der Waals surface area contributed by atoms with E-state index in [0.29, 0.717) is 12.1 Å². The smallest absolute Gasteiger partial charge is 0.150 e. The van der Waals surface area contributed by atoms with E-state index in [1.807, 2.05) is 6.20 Å². The lowest BCUT2D eigenvalue weighted by atomic mass is 10.1.